The van der Waals surface area contributed by atoms with Crippen LogP contribution >= 0.6 is 0 Å². The van der Waals surface area contributed by atoms with Gasteiger partial charge in [0, 0.05) is 22.0 Å². The molecule has 1 heterocycles. The van der Waals surface area contributed by atoms with Crippen LogP contribution in [0.2, 0.25) is 0 Å². The number of benzene rings is 4. The van der Waals surface area contributed by atoms with Gasteiger partial charge in [0.1, 0.15) is 0 Å². The van der Waals surface area contributed by atoms with Crippen LogP contribution in [0.1, 0.15) is 17.3 Å². The molecule has 0 atom stereocenters. The van der Waals surface area contributed by atoms with Crippen molar-refractivity contribution in [1.82, 2.24) is 4.57 Å². The van der Waals surface area contributed by atoms with Crippen LogP contribution in [0.3, 0.4) is 0 Å². The summed E-state index contributed by atoms with van der Waals surface area (Å²) in [6, 6.07) is 33.4. The lowest BCUT2D eigenvalue weighted by Crippen LogP contribution is -1.95. The first kappa shape index (κ1) is 16.5. The molecular formula is C26H19NO. The number of aromatic nitrogens is 1. The standard InChI is InChI=1S/C26H19NO/c1-18(28)20-14-15-26-24(17-20)23-12-5-6-13-25(23)27(26)22-11-7-10-21(16-22)19-8-3-2-4-9-19/h2-17H,1H3. The highest BCUT2D eigenvalue weighted by molar-refractivity contribution is 6.11. The molecule has 134 valence electrons. The maximum Gasteiger partial charge on any atom is 0.159 e. The highest BCUT2D eigenvalue weighted by atomic mass is 16.1. The number of rotatable bonds is 3. The molecule has 5 aromatic rings. The third-order valence-electron chi connectivity index (χ3n) is 5.29. The molecule has 28 heavy (non-hydrogen) atoms. The van der Waals surface area contributed by atoms with Crippen molar-refractivity contribution in [1.29, 1.82) is 0 Å². The Morgan fingerprint density at radius 1 is 0.643 bits per heavy atom. The molecule has 5 rings (SSSR count). The predicted octanol–water partition coefficient (Wildman–Crippen LogP) is 6.65. The normalized spacial score (nSPS) is 11.2. The highest BCUT2D eigenvalue weighted by Gasteiger charge is 2.13. The van der Waals surface area contributed by atoms with Gasteiger partial charge in [-0.2, -0.15) is 0 Å². The first-order valence-corrected chi connectivity index (χ1v) is 9.42. The lowest BCUT2D eigenvalue weighted by Gasteiger charge is -2.10. The van der Waals surface area contributed by atoms with E-state index in [-0.39, 0.29) is 5.78 Å². The number of para-hydroxylation sites is 1. The van der Waals surface area contributed by atoms with Gasteiger partial charge in [0.25, 0.3) is 0 Å². The zero-order valence-electron chi connectivity index (χ0n) is 15.6. The molecule has 0 fully saturated rings. The summed E-state index contributed by atoms with van der Waals surface area (Å²) in [5.74, 6) is 0.0878. The minimum Gasteiger partial charge on any atom is -0.309 e. The van der Waals surface area contributed by atoms with Gasteiger partial charge >= 0.3 is 0 Å². The second-order valence-electron chi connectivity index (χ2n) is 7.06. The minimum atomic E-state index is 0.0878. The van der Waals surface area contributed by atoms with E-state index >= 15 is 0 Å². The van der Waals surface area contributed by atoms with Crippen molar-refractivity contribution in [2.45, 2.75) is 6.92 Å². The summed E-state index contributed by atoms with van der Waals surface area (Å²) in [4.78, 5) is 11.9. The number of hydrogen-bond donors (Lipinski definition) is 0. The van der Waals surface area contributed by atoms with Crippen LogP contribution in [0.25, 0.3) is 38.6 Å². The topological polar surface area (TPSA) is 22.0 Å². The molecule has 0 unspecified atom stereocenters. The zero-order chi connectivity index (χ0) is 19.1. The first-order chi connectivity index (χ1) is 13.7. The molecule has 1 aromatic heterocycles. The van der Waals surface area contributed by atoms with Gasteiger partial charge in [0.15, 0.2) is 5.78 Å². The summed E-state index contributed by atoms with van der Waals surface area (Å²) in [6.07, 6.45) is 0. The van der Waals surface area contributed by atoms with Crippen molar-refractivity contribution in [2.75, 3.05) is 0 Å². The van der Waals surface area contributed by atoms with Gasteiger partial charge in [0.2, 0.25) is 0 Å². The van der Waals surface area contributed by atoms with E-state index < -0.39 is 0 Å². The SMILES string of the molecule is CC(=O)c1ccc2c(c1)c1ccccc1n2-c1cccc(-c2ccccc2)c1. The number of hydrogen-bond acceptors (Lipinski definition) is 1. The van der Waals surface area contributed by atoms with Crippen molar-refractivity contribution in [3.05, 3.63) is 103 Å². The van der Waals surface area contributed by atoms with Crippen molar-refractivity contribution < 1.29 is 4.79 Å². The summed E-state index contributed by atoms with van der Waals surface area (Å²) < 4.78 is 2.28. The molecule has 2 nitrogen and oxygen atoms in total. The Balaban J connectivity index is 1.80. The van der Waals surface area contributed by atoms with E-state index in [9.17, 15) is 4.79 Å². The summed E-state index contributed by atoms with van der Waals surface area (Å²) in [5.41, 5.74) is 6.49. The number of nitrogens with zero attached hydrogens (tertiary/aromatic N) is 1. The van der Waals surface area contributed by atoms with Gasteiger partial charge in [-0.1, -0.05) is 60.7 Å². The Kier molecular flexibility index (Phi) is 3.84. The summed E-state index contributed by atoms with van der Waals surface area (Å²) in [5, 5.41) is 2.26. The van der Waals surface area contributed by atoms with Crippen LogP contribution < -0.4 is 0 Å². The molecule has 0 saturated carbocycles. The lowest BCUT2D eigenvalue weighted by atomic mass is 10.1. The molecule has 0 spiro atoms. The van der Waals surface area contributed by atoms with E-state index in [1.54, 1.807) is 6.92 Å². The Morgan fingerprint density at radius 2 is 1.36 bits per heavy atom. The van der Waals surface area contributed by atoms with Crippen molar-refractivity contribution >= 4 is 27.6 Å². The number of fused-ring (bicyclic) bond motifs is 3. The summed E-state index contributed by atoms with van der Waals surface area (Å²) >= 11 is 0. The van der Waals surface area contributed by atoms with Gasteiger partial charge < -0.3 is 4.57 Å². The fourth-order valence-electron chi connectivity index (χ4n) is 3.93. The zero-order valence-corrected chi connectivity index (χ0v) is 15.6. The van der Waals surface area contributed by atoms with Crippen LogP contribution in [0.15, 0.2) is 97.1 Å². The largest absolute Gasteiger partial charge is 0.309 e. The molecule has 0 aliphatic rings. The molecule has 0 aliphatic carbocycles. The Labute approximate surface area is 163 Å². The van der Waals surface area contributed by atoms with E-state index in [4.69, 9.17) is 0 Å². The fourth-order valence-corrected chi connectivity index (χ4v) is 3.93. The third kappa shape index (κ3) is 2.62. The quantitative estimate of drug-likeness (QED) is 0.330. The average molecular weight is 361 g/mol. The van der Waals surface area contributed by atoms with Gasteiger partial charge in [-0.25, -0.2) is 0 Å². The maximum atomic E-state index is 11.9. The van der Waals surface area contributed by atoms with Crippen molar-refractivity contribution in [3.8, 4) is 16.8 Å². The van der Waals surface area contributed by atoms with Crippen LogP contribution in [0, 0.1) is 0 Å². The van der Waals surface area contributed by atoms with E-state index in [0.717, 1.165) is 33.1 Å². The monoisotopic (exact) mass is 361 g/mol. The summed E-state index contributed by atoms with van der Waals surface area (Å²) in [7, 11) is 0. The smallest absolute Gasteiger partial charge is 0.159 e. The molecule has 0 N–H and O–H groups in total. The molecule has 0 radical (unpaired) electrons. The second-order valence-corrected chi connectivity index (χ2v) is 7.06. The average Bonchev–Trinajstić information content (AvgIpc) is 3.08. The second kappa shape index (κ2) is 6.50. The van der Waals surface area contributed by atoms with Crippen LogP contribution in [0.4, 0.5) is 0 Å². The molecule has 2 heteroatoms. The van der Waals surface area contributed by atoms with Crippen LogP contribution in [0.5, 0.6) is 0 Å². The predicted molar refractivity (Wildman–Crippen MR) is 116 cm³/mol. The lowest BCUT2D eigenvalue weighted by molar-refractivity contribution is 0.101. The van der Waals surface area contributed by atoms with Gasteiger partial charge in [-0.15, -0.1) is 0 Å². The molecule has 0 aliphatic heterocycles. The molecule has 0 saturated heterocycles. The fraction of sp³-hybridized carbons (Fsp3) is 0.0385. The van der Waals surface area contributed by atoms with E-state index in [0.29, 0.717) is 0 Å². The number of ketones is 1. The number of carbonyl (C=O) groups is 1. The molecular weight excluding hydrogens is 342 g/mol. The van der Waals surface area contributed by atoms with Crippen LogP contribution in [-0.2, 0) is 0 Å². The number of carbonyl (C=O) groups excluding carboxylic acids is 1. The third-order valence-corrected chi connectivity index (χ3v) is 5.29. The molecule has 0 bridgehead atoms. The van der Waals surface area contributed by atoms with Gasteiger partial charge in [-0.05, 0) is 54.4 Å². The highest BCUT2D eigenvalue weighted by Crippen LogP contribution is 2.33. The molecule has 0 amide bonds. The first-order valence-electron chi connectivity index (χ1n) is 9.42. The Morgan fingerprint density at radius 3 is 2.18 bits per heavy atom. The van der Waals surface area contributed by atoms with Crippen molar-refractivity contribution in [2.24, 2.45) is 0 Å². The minimum absolute atomic E-state index is 0.0878. The van der Waals surface area contributed by atoms with Gasteiger partial charge in [0.05, 0.1) is 11.0 Å². The van der Waals surface area contributed by atoms with Crippen molar-refractivity contribution in [3.63, 3.8) is 0 Å². The number of Topliss-reactive ketones (excluding diaryl/α,β-unsaturated/α-hetero) is 1. The van der Waals surface area contributed by atoms with E-state index in [1.807, 2.05) is 24.3 Å². The van der Waals surface area contributed by atoms with Gasteiger partial charge in [-0.3, -0.25) is 4.79 Å². The van der Waals surface area contributed by atoms with Crippen LogP contribution in [-0.4, -0.2) is 10.4 Å². The summed E-state index contributed by atoms with van der Waals surface area (Å²) in [6.45, 7) is 1.61. The Bertz CT molecular complexity index is 1330. The van der Waals surface area contributed by atoms with E-state index in [1.165, 1.54) is 11.1 Å². The molecule has 4 aromatic carbocycles. The Hall–Kier alpha value is -3.65. The maximum absolute atomic E-state index is 11.9. The van der Waals surface area contributed by atoms with E-state index in [2.05, 4.69) is 77.4 Å².